The molecule has 3 rings (SSSR count). The Morgan fingerprint density at radius 3 is 2.25 bits per heavy atom. The summed E-state index contributed by atoms with van der Waals surface area (Å²) in [5.74, 6) is -1.27. The van der Waals surface area contributed by atoms with Crippen LogP contribution in [0.5, 0.6) is 0 Å². The summed E-state index contributed by atoms with van der Waals surface area (Å²) in [4.78, 5) is 39.4. The Morgan fingerprint density at radius 2 is 1.67 bits per heavy atom. The van der Waals surface area contributed by atoms with Gasteiger partial charge in [0.1, 0.15) is 6.04 Å². The molecule has 0 unspecified atom stereocenters. The summed E-state index contributed by atoms with van der Waals surface area (Å²) in [6.07, 6.45) is 1.95. The maximum atomic E-state index is 12.5. The average Bonchev–Trinajstić information content (AvgIpc) is 2.86. The van der Waals surface area contributed by atoms with E-state index in [4.69, 9.17) is 0 Å². The van der Waals surface area contributed by atoms with E-state index < -0.39 is 23.8 Å². The zero-order valence-electron chi connectivity index (χ0n) is 13.3. The molecule has 2 aromatic rings. The Balaban J connectivity index is 1.79. The molecule has 0 aromatic heterocycles. The van der Waals surface area contributed by atoms with Crippen molar-refractivity contribution in [1.82, 2.24) is 4.90 Å². The topological polar surface area (TPSA) is 66.5 Å². The normalized spacial score (nSPS) is 14.5. The molecule has 0 bridgehead atoms. The number of rotatable bonds is 4. The fourth-order valence-electron chi connectivity index (χ4n) is 2.62. The van der Waals surface area contributed by atoms with Gasteiger partial charge in [0.05, 0.1) is 11.1 Å². The molecule has 0 radical (unpaired) electrons. The zero-order valence-corrected chi connectivity index (χ0v) is 14.1. The van der Waals surface area contributed by atoms with Crippen LogP contribution in [0.1, 0.15) is 27.6 Å². The van der Waals surface area contributed by atoms with Crippen molar-refractivity contribution in [2.24, 2.45) is 0 Å². The van der Waals surface area contributed by atoms with Crippen molar-refractivity contribution in [1.29, 1.82) is 0 Å². The number of carbonyl (C=O) groups excluding carboxylic acids is 3. The first-order valence-electron chi connectivity index (χ1n) is 7.44. The molecule has 1 aliphatic heterocycles. The fraction of sp³-hybridized carbons (Fsp3) is 0.167. The van der Waals surface area contributed by atoms with Crippen LogP contribution in [0.4, 0.5) is 5.69 Å². The predicted molar refractivity (Wildman–Crippen MR) is 93.3 cm³/mol. The number of benzene rings is 2. The molecule has 2 aromatic carbocycles. The highest BCUT2D eigenvalue weighted by atomic mass is 32.2. The SMILES string of the molecule is CSc1cccc(NC(=O)[C@@H](C)N2C(=O)c3ccccc3C2=O)c1. The molecule has 1 N–H and O–H groups in total. The van der Waals surface area contributed by atoms with E-state index in [1.54, 1.807) is 49.0 Å². The van der Waals surface area contributed by atoms with Gasteiger partial charge in [0.25, 0.3) is 11.8 Å². The number of hydrogen-bond donors (Lipinski definition) is 1. The van der Waals surface area contributed by atoms with Gasteiger partial charge in [-0.05, 0) is 43.5 Å². The summed E-state index contributed by atoms with van der Waals surface area (Å²) in [6.45, 7) is 1.55. The highest BCUT2D eigenvalue weighted by Gasteiger charge is 2.40. The molecule has 6 heteroatoms. The smallest absolute Gasteiger partial charge is 0.262 e. The monoisotopic (exact) mass is 340 g/mol. The number of fused-ring (bicyclic) bond motifs is 1. The van der Waals surface area contributed by atoms with Crippen molar-refractivity contribution in [3.63, 3.8) is 0 Å². The standard InChI is InChI=1S/C18H16N2O3S/c1-11(16(21)19-12-6-5-7-13(10-12)24-2)20-17(22)14-8-3-4-9-15(14)18(20)23/h3-11H,1-2H3,(H,19,21)/t11-/m1/s1. The van der Waals surface area contributed by atoms with Crippen LogP contribution < -0.4 is 5.32 Å². The Hall–Kier alpha value is -2.60. The van der Waals surface area contributed by atoms with Crippen LogP contribution in [-0.4, -0.2) is 34.9 Å². The highest BCUT2D eigenvalue weighted by Crippen LogP contribution is 2.25. The van der Waals surface area contributed by atoms with E-state index in [1.807, 2.05) is 24.5 Å². The molecule has 1 heterocycles. The van der Waals surface area contributed by atoms with Crippen molar-refractivity contribution in [2.45, 2.75) is 17.9 Å². The van der Waals surface area contributed by atoms with Gasteiger partial charge in [-0.25, -0.2) is 0 Å². The lowest BCUT2D eigenvalue weighted by molar-refractivity contribution is -0.119. The van der Waals surface area contributed by atoms with Crippen LogP contribution >= 0.6 is 11.8 Å². The maximum absolute atomic E-state index is 12.5. The largest absolute Gasteiger partial charge is 0.324 e. The van der Waals surface area contributed by atoms with Gasteiger partial charge < -0.3 is 5.32 Å². The second-order valence-corrected chi connectivity index (χ2v) is 6.30. The number of carbonyl (C=O) groups is 3. The van der Waals surface area contributed by atoms with Crippen molar-refractivity contribution >= 4 is 35.2 Å². The zero-order chi connectivity index (χ0) is 17.3. The van der Waals surface area contributed by atoms with Crippen LogP contribution in [-0.2, 0) is 4.79 Å². The molecular weight excluding hydrogens is 324 g/mol. The van der Waals surface area contributed by atoms with Gasteiger partial charge in [-0.1, -0.05) is 18.2 Å². The molecule has 0 saturated carbocycles. The third-order valence-electron chi connectivity index (χ3n) is 3.93. The number of amides is 3. The maximum Gasteiger partial charge on any atom is 0.262 e. The van der Waals surface area contributed by atoms with Crippen molar-refractivity contribution in [3.8, 4) is 0 Å². The minimum absolute atomic E-state index is 0.339. The minimum atomic E-state index is -0.893. The lowest BCUT2D eigenvalue weighted by Gasteiger charge is -2.21. The molecular formula is C18H16N2O3S. The van der Waals surface area contributed by atoms with Crippen LogP contribution in [0.3, 0.4) is 0 Å². The average molecular weight is 340 g/mol. The number of thioether (sulfide) groups is 1. The first-order chi connectivity index (χ1) is 11.5. The number of nitrogens with one attached hydrogen (secondary N) is 1. The van der Waals surface area contributed by atoms with Gasteiger partial charge in [0, 0.05) is 10.6 Å². The Labute approximate surface area is 144 Å². The molecule has 0 saturated heterocycles. The second kappa shape index (κ2) is 6.49. The van der Waals surface area contributed by atoms with Gasteiger partial charge in [-0.3, -0.25) is 19.3 Å². The Kier molecular flexibility index (Phi) is 4.40. The van der Waals surface area contributed by atoms with E-state index in [-0.39, 0.29) is 0 Å². The molecule has 1 atom stereocenters. The number of hydrogen-bond acceptors (Lipinski definition) is 4. The summed E-state index contributed by atoms with van der Waals surface area (Å²) in [6, 6.07) is 13.1. The van der Waals surface area contributed by atoms with Crippen LogP contribution in [0.2, 0.25) is 0 Å². The molecule has 1 aliphatic rings. The third-order valence-corrected chi connectivity index (χ3v) is 4.65. The van der Waals surface area contributed by atoms with Crippen LogP contribution in [0.15, 0.2) is 53.4 Å². The number of anilines is 1. The highest BCUT2D eigenvalue weighted by molar-refractivity contribution is 7.98. The molecule has 24 heavy (non-hydrogen) atoms. The molecule has 3 amide bonds. The van der Waals surface area contributed by atoms with E-state index in [0.717, 1.165) is 9.80 Å². The van der Waals surface area contributed by atoms with E-state index >= 15 is 0 Å². The predicted octanol–water partition coefficient (Wildman–Crippen LogP) is 3.03. The van der Waals surface area contributed by atoms with Crippen LogP contribution in [0.25, 0.3) is 0 Å². The number of imide groups is 1. The van der Waals surface area contributed by atoms with Crippen molar-refractivity contribution in [2.75, 3.05) is 11.6 Å². The molecule has 0 spiro atoms. The second-order valence-electron chi connectivity index (χ2n) is 5.42. The van der Waals surface area contributed by atoms with E-state index in [9.17, 15) is 14.4 Å². The van der Waals surface area contributed by atoms with Gasteiger partial charge in [-0.15, -0.1) is 11.8 Å². The summed E-state index contributed by atoms with van der Waals surface area (Å²) in [5.41, 5.74) is 1.31. The van der Waals surface area contributed by atoms with E-state index in [0.29, 0.717) is 16.8 Å². The Morgan fingerprint density at radius 1 is 1.04 bits per heavy atom. The van der Waals surface area contributed by atoms with Gasteiger partial charge in [0.15, 0.2) is 0 Å². The summed E-state index contributed by atoms with van der Waals surface area (Å²) < 4.78 is 0. The molecule has 0 aliphatic carbocycles. The fourth-order valence-corrected chi connectivity index (χ4v) is 3.08. The summed E-state index contributed by atoms with van der Waals surface area (Å²) in [5, 5.41) is 2.76. The van der Waals surface area contributed by atoms with Gasteiger partial charge in [-0.2, -0.15) is 0 Å². The minimum Gasteiger partial charge on any atom is -0.324 e. The lowest BCUT2D eigenvalue weighted by atomic mass is 10.1. The van der Waals surface area contributed by atoms with Crippen LogP contribution in [0, 0.1) is 0 Å². The van der Waals surface area contributed by atoms with Gasteiger partial charge >= 0.3 is 0 Å². The molecule has 0 fully saturated rings. The molecule has 122 valence electrons. The summed E-state index contributed by atoms with van der Waals surface area (Å²) >= 11 is 1.57. The first kappa shape index (κ1) is 16.3. The summed E-state index contributed by atoms with van der Waals surface area (Å²) in [7, 11) is 0. The van der Waals surface area contributed by atoms with Crippen molar-refractivity contribution in [3.05, 3.63) is 59.7 Å². The van der Waals surface area contributed by atoms with Crippen molar-refractivity contribution < 1.29 is 14.4 Å². The van der Waals surface area contributed by atoms with Gasteiger partial charge in [0.2, 0.25) is 5.91 Å². The number of nitrogens with zero attached hydrogens (tertiary/aromatic N) is 1. The van der Waals surface area contributed by atoms with E-state index in [2.05, 4.69) is 5.32 Å². The Bertz CT molecular complexity index is 800. The third kappa shape index (κ3) is 2.80. The molecule has 5 nitrogen and oxygen atoms in total. The van der Waals surface area contributed by atoms with E-state index in [1.165, 1.54) is 0 Å². The lowest BCUT2D eigenvalue weighted by Crippen LogP contribution is -2.45. The quantitative estimate of drug-likeness (QED) is 0.686. The first-order valence-corrected chi connectivity index (χ1v) is 8.67.